The Labute approximate surface area is 194 Å². The number of benzene rings is 1. The fourth-order valence-corrected chi connectivity index (χ4v) is 3.78. The molecule has 3 rings (SSSR count). The van der Waals surface area contributed by atoms with Crippen molar-refractivity contribution in [3.63, 3.8) is 0 Å². The van der Waals surface area contributed by atoms with E-state index in [1.54, 1.807) is 0 Å². The van der Waals surface area contributed by atoms with Gasteiger partial charge in [-0.2, -0.15) is 0 Å². The molecule has 1 aromatic heterocycles. The summed E-state index contributed by atoms with van der Waals surface area (Å²) in [5.41, 5.74) is -0.916. The van der Waals surface area contributed by atoms with Gasteiger partial charge in [-0.1, -0.05) is 6.07 Å². The maximum atomic E-state index is 13.4. The van der Waals surface area contributed by atoms with Crippen LogP contribution in [0.2, 0.25) is 0 Å². The van der Waals surface area contributed by atoms with Gasteiger partial charge in [-0.15, -0.1) is 0 Å². The highest BCUT2D eigenvalue weighted by Crippen LogP contribution is 2.31. The average Bonchev–Trinajstić information content (AvgIpc) is 3.30. The van der Waals surface area contributed by atoms with Gasteiger partial charge in [0.1, 0.15) is 17.4 Å². The molecule has 0 saturated carbocycles. The van der Waals surface area contributed by atoms with E-state index in [2.05, 4.69) is 10.3 Å². The molecule has 3 amide bonds. The number of hydrogen-bond acceptors (Lipinski definition) is 7. The summed E-state index contributed by atoms with van der Waals surface area (Å²) in [6.07, 6.45) is 0.991. The van der Waals surface area contributed by atoms with Gasteiger partial charge >= 0.3 is 11.8 Å². The first kappa shape index (κ1) is 24.7. The predicted octanol–water partition coefficient (Wildman–Crippen LogP) is 0.315. The molecule has 2 aromatic rings. The minimum atomic E-state index is -0.868. The minimum absolute atomic E-state index is 0.0738. The molecule has 11 nitrogen and oxygen atoms in total. The Balaban J connectivity index is 1.91. The molecular weight excluding hydrogens is 449 g/mol. The lowest BCUT2D eigenvalue weighted by molar-refractivity contribution is -0.151. The van der Waals surface area contributed by atoms with Crippen LogP contribution in [0.4, 0.5) is 4.39 Å². The Morgan fingerprint density at radius 1 is 1.32 bits per heavy atom. The van der Waals surface area contributed by atoms with Gasteiger partial charge in [0, 0.05) is 45.9 Å². The third kappa shape index (κ3) is 4.70. The Morgan fingerprint density at radius 3 is 2.68 bits per heavy atom. The summed E-state index contributed by atoms with van der Waals surface area (Å²) in [6, 6.07) is 3.07. The SMILES string of the molecule is COc1cc(F)ccc1CNC(=O)c1nc([C@@H]2CCCN2C(=O)C(=O)N(C)C)n(C)c(=O)c1O. The van der Waals surface area contributed by atoms with Crippen molar-refractivity contribution in [3.8, 4) is 11.5 Å². The molecule has 0 spiro atoms. The van der Waals surface area contributed by atoms with Gasteiger partial charge in [0.15, 0.2) is 5.69 Å². The topological polar surface area (TPSA) is 134 Å². The monoisotopic (exact) mass is 475 g/mol. The molecule has 0 unspecified atom stereocenters. The standard InChI is InChI=1S/C22H26FN5O6/c1-26(2)21(32)22(33)28-9-5-6-14(28)18-25-16(17(29)20(31)27(18)3)19(30)24-11-12-7-8-13(23)10-15(12)34-4/h7-8,10,14,29H,5-6,9,11H2,1-4H3,(H,24,30)/t14-/m0/s1. The first-order valence-corrected chi connectivity index (χ1v) is 10.5. The smallest absolute Gasteiger partial charge is 0.312 e. The zero-order valence-electron chi connectivity index (χ0n) is 19.3. The molecule has 1 aromatic carbocycles. The summed E-state index contributed by atoms with van der Waals surface area (Å²) in [4.78, 5) is 57.0. The van der Waals surface area contributed by atoms with Gasteiger partial charge in [0.2, 0.25) is 5.75 Å². The molecule has 1 fully saturated rings. The molecular formula is C22H26FN5O6. The van der Waals surface area contributed by atoms with Gasteiger partial charge in [0.25, 0.3) is 11.5 Å². The number of carbonyl (C=O) groups is 3. The predicted molar refractivity (Wildman–Crippen MR) is 118 cm³/mol. The van der Waals surface area contributed by atoms with Crippen LogP contribution in [-0.4, -0.2) is 69.9 Å². The number of hydrogen-bond donors (Lipinski definition) is 2. The molecule has 0 bridgehead atoms. The Morgan fingerprint density at radius 2 is 2.03 bits per heavy atom. The molecule has 1 aliphatic rings. The number of methoxy groups -OCH3 is 1. The highest BCUT2D eigenvalue weighted by Gasteiger charge is 2.37. The highest BCUT2D eigenvalue weighted by atomic mass is 19.1. The largest absolute Gasteiger partial charge is 0.501 e. The lowest BCUT2D eigenvalue weighted by Crippen LogP contribution is -2.43. The lowest BCUT2D eigenvalue weighted by Gasteiger charge is -2.26. The van der Waals surface area contributed by atoms with Crippen LogP contribution < -0.4 is 15.6 Å². The van der Waals surface area contributed by atoms with Crippen LogP contribution in [0.1, 0.15) is 40.8 Å². The van der Waals surface area contributed by atoms with Crippen LogP contribution in [0.5, 0.6) is 11.5 Å². The number of aromatic hydroxyl groups is 1. The van der Waals surface area contributed by atoms with E-state index in [-0.39, 0.29) is 24.7 Å². The van der Waals surface area contributed by atoms with Gasteiger partial charge in [-0.3, -0.25) is 23.7 Å². The number of nitrogens with one attached hydrogen (secondary N) is 1. The van der Waals surface area contributed by atoms with Crippen molar-refractivity contribution in [2.24, 2.45) is 7.05 Å². The number of likely N-dealkylation sites (N-methyl/N-ethyl adjacent to an activating group) is 1. The molecule has 0 radical (unpaired) electrons. The summed E-state index contributed by atoms with van der Waals surface area (Å²) >= 11 is 0. The van der Waals surface area contributed by atoms with Crippen LogP contribution in [-0.2, 0) is 23.2 Å². The van der Waals surface area contributed by atoms with Gasteiger partial charge in [-0.25, -0.2) is 9.37 Å². The summed E-state index contributed by atoms with van der Waals surface area (Å²) in [7, 11) is 5.64. The van der Waals surface area contributed by atoms with E-state index in [1.165, 1.54) is 45.3 Å². The van der Waals surface area contributed by atoms with E-state index in [0.717, 1.165) is 15.5 Å². The van der Waals surface area contributed by atoms with Crippen molar-refractivity contribution in [2.45, 2.75) is 25.4 Å². The highest BCUT2D eigenvalue weighted by molar-refractivity contribution is 6.34. The third-order valence-electron chi connectivity index (χ3n) is 5.61. The van der Waals surface area contributed by atoms with E-state index < -0.39 is 46.6 Å². The molecule has 1 aliphatic heterocycles. The van der Waals surface area contributed by atoms with E-state index in [0.29, 0.717) is 18.4 Å². The van der Waals surface area contributed by atoms with Crippen LogP contribution in [0.25, 0.3) is 0 Å². The normalized spacial score (nSPS) is 15.2. The van der Waals surface area contributed by atoms with Crippen LogP contribution in [0.3, 0.4) is 0 Å². The number of likely N-dealkylation sites (tertiary alicyclic amines) is 1. The second kappa shape index (κ2) is 9.89. The zero-order chi connectivity index (χ0) is 25.2. The quantitative estimate of drug-likeness (QED) is 0.595. The number of ether oxygens (including phenoxy) is 1. The molecule has 12 heteroatoms. The maximum Gasteiger partial charge on any atom is 0.312 e. The van der Waals surface area contributed by atoms with Crippen molar-refractivity contribution in [3.05, 3.63) is 51.5 Å². The summed E-state index contributed by atoms with van der Waals surface area (Å²) in [5, 5.41) is 12.8. The summed E-state index contributed by atoms with van der Waals surface area (Å²) in [5.74, 6) is -3.38. The van der Waals surface area contributed by atoms with E-state index >= 15 is 0 Å². The van der Waals surface area contributed by atoms with E-state index in [9.17, 15) is 28.7 Å². The fraction of sp³-hybridized carbons (Fsp3) is 0.409. The van der Waals surface area contributed by atoms with Crippen molar-refractivity contribution >= 4 is 17.7 Å². The maximum absolute atomic E-state index is 13.4. The molecule has 2 heterocycles. The average molecular weight is 475 g/mol. The second-order valence-electron chi connectivity index (χ2n) is 8.03. The van der Waals surface area contributed by atoms with Crippen molar-refractivity contribution in [1.82, 2.24) is 24.7 Å². The molecule has 0 aliphatic carbocycles. The molecule has 34 heavy (non-hydrogen) atoms. The van der Waals surface area contributed by atoms with Gasteiger partial charge in [-0.05, 0) is 18.9 Å². The van der Waals surface area contributed by atoms with Crippen molar-refractivity contribution < 1.29 is 28.6 Å². The summed E-state index contributed by atoms with van der Waals surface area (Å²) < 4.78 is 19.6. The first-order chi connectivity index (χ1) is 16.1. The Bertz CT molecular complexity index is 1200. The Hall–Kier alpha value is -3.96. The third-order valence-corrected chi connectivity index (χ3v) is 5.61. The van der Waals surface area contributed by atoms with E-state index in [1.807, 2.05) is 0 Å². The minimum Gasteiger partial charge on any atom is -0.501 e. The summed E-state index contributed by atoms with van der Waals surface area (Å²) in [6.45, 7) is 0.199. The fourth-order valence-electron chi connectivity index (χ4n) is 3.78. The van der Waals surface area contributed by atoms with Gasteiger partial charge < -0.3 is 25.0 Å². The molecule has 1 saturated heterocycles. The lowest BCUT2D eigenvalue weighted by atomic mass is 10.1. The van der Waals surface area contributed by atoms with Crippen LogP contribution >= 0.6 is 0 Å². The number of carbonyl (C=O) groups excluding carboxylic acids is 3. The zero-order valence-corrected chi connectivity index (χ0v) is 19.3. The number of aromatic nitrogens is 2. The molecule has 2 N–H and O–H groups in total. The first-order valence-electron chi connectivity index (χ1n) is 10.5. The van der Waals surface area contributed by atoms with Crippen molar-refractivity contribution in [2.75, 3.05) is 27.7 Å². The second-order valence-corrected chi connectivity index (χ2v) is 8.03. The number of rotatable bonds is 5. The Kier molecular flexibility index (Phi) is 7.18. The molecule has 182 valence electrons. The number of amides is 3. The van der Waals surface area contributed by atoms with Crippen LogP contribution in [0.15, 0.2) is 23.0 Å². The van der Waals surface area contributed by atoms with E-state index in [4.69, 9.17) is 4.74 Å². The van der Waals surface area contributed by atoms with Gasteiger partial charge in [0.05, 0.1) is 13.2 Å². The number of halogens is 1. The van der Waals surface area contributed by atoms with Crippen molar-refractivity contribution in [1.29, 1.82) is 0 Å². The molecule has 1 atom stereocenters. The van der Waals surface area contributed by atoms with Crippen LogP contribution in [0, 0.1) is 5.82 Å². The number of nitrogens with zero attached hydrogens (tertiary/aromatic N) is 4.